The van der Waals surface area contributed by atoms with Gasteiger partial charge in [0.25, 0.3) is 0 Å². The molecule has 1 aliphatic carbocycles. The number of carbonyl (C=O) groups is 2. The molecule has 1 fully saturated rings. The first-order valence-corrected chi connectivity index (χ1v) is 8.05. The molecule has 4 nitrogen and oxygen atoms in total. The van der Waals surface area contributed by atoms with E-state index in [-0.39, 0.29) is 11.8 Å². The third-order valence-electron chi connectivity index (χ3n) is 3.49. The van der Waals surface area contributed by atoms with Gasteiger partial charge in [-0.3, -0.25) is 9.59 Å². The summed E-state index contributed by atoms with van der Waals surface area (Å²) in [5.74, 6) is -0.509. The molecule has 0 aromatic heterocycles. The molecule has 1 rings (SSSR count). The van der Waals surface area contributed by atoms with Gasteiger partial charge < -0.3 is 10.4 Å². The number of rotatable bonds is 8. The zero-order valence-corrected chi connectivity index (χ0v) is 11.8. The number of carboxylic acids is 1. The number of carboxylic acid groups (broad SMARTS) is 1. The average molecular weight is 273 g/mol. The Hall–Kier alpha value is -0.710. The molecule has 1 saturated carbocycles. The predicted octanol–water partition coefficient (Wildman–Crippen LogP) is 2.14. The zero-order valence-electron chi connectivity index (χ0n) is 11.0. The van der Waals surface area contributed by atoms with Crippen molar-refractivity contribution >= 4 is 23.6 Å². The second-order valence-electron chi connectivity index (χ2n) is 4.83. The third kappa shape index (κ3) is 4.88. The third-order valence-corrected chi connectivity index (χ3v) is 4.19. The first-order valence-electron chi connectivity index (χ1n) is 6.66. The molecule has 0 aliphatic heterocycles. The summed E-state index contributed by atoms with van der Waals surface area (Å²) in [5.41, 5.74) is 0. The van der Waals surface area contributed by atoms with Gasteiger partial charge in [0, 0.05) is 6.54 Å². The molecular formula is C13H23NO3S. The van der Waals surface area contributed by atoms with Crippen molar-refractivity contribution in [2.45, 2.75) is 38.5 Å². The summed E-state index contributed by atoms with van der Waals surface area (Å²) in [6, 6.07) is 0. The fourth-order valence-corrected chi connectivity index (χ4v) is 2.95. The number of amides is 1. The van der Waals surface area contributed by atoms with Crippen molar-refractivity contribution in [1.29, 1.82) is 0 Å². The van der Waals surface area contributed by atoms with Gasteiger partial charge in [-0.1, -0.05) is 12.8 Å². The molecule has 5 heteroatoms. The number of thioether (sulfide) groups is 1. The number of hydrogen-bond acceptors (Lipinski definition) is 3. The van der Waals surface area contributed by atoms with E-state index in [0.29, 0.717) is 13.0 Å². The fraction of sp³-hybridized carbons (Fsp3) is 0.846. The van der Waals surface area contributed by atoms with E-state index >= 15 is 0 Å². The van der Waals surface area contributed by atoms with Crippen molar-refractivity contribution in [3.05, 3.63) is 0 Å². The van der Waals surface area contributed by atoms with Crippen LogP contribution in [0, 0.1) is 11.8 Å². The highest BCUT2D eigenvalue weighted by molar-refractivity contribution is 7.98. The van der Waals surface area contributed by atoms with E-state index in [9.17, 15) is 9.59 Å². The van der Waals surface area contributed by atoms with Gasteiger partial charge in [-0.25, -0.2) is 0 Å². The topological polar surface area (TPSA) is 66.4 Å². The van der Waals surface area contributed by atoms with E-state index in [1.165, 1.54) is 6.42 Å². The normalized spacial score (nSPS) is 22.9. The molecule has 0 spiro atoms. The monoisotopic (exact) mass is 273 g/mol. The molecule has 104 valence electrons. The molecule has 2 unspecified atom stereocenters. The summed E-state index contributed by atoms with van der Waals surface area (Å²) >= 11 is 1.84. The van der Waals surface area contributed by atoms with E-state index < -0.39 is 11.9 Å². The van der Waals surface area contributed by atoms with Crippen molar-refractivity contribution < 1.29 is 14.7 Å². The lowest BCUT2D eigenvalue weighted by atomic mass is 9.95. The maximum Gasteiger partial charge on any atom is 0.307 e. The predicted molar refractivity (Wildman–Crippen MR) is 73.7 cm³/mol. The first kappa shape index (κ1) is 15.3. The molecule has 2 atom stereocenters. The number of hydrogen-bond donors (Lipinski definition) is 2. The molecule has 0 saturated heterocycles. The van der Waals surface area contributed by atoms with Gasteiger partial charge in [-0.2, -0.15) is 11.8 Å². The smallest absolute Gasteiger partial charge is 0.307 e. The molecule has 2 N–H and O–H groups in total. The maximum absolute atomic E-state index is 11.9. The van der Waals surface area contributed by atoms with Crippen LogP contribution in [0.3, 0.4) is 0 Å². The lowest BCUT2D eigenvalue weighted by Gasteiger charge is -2.15. The van der Waals surface area contributed by atoms with Crippen LogP contribution in [0.1, 0.15) is 38.5 Å². The Kier molecular flexibility index (Phi) is 7.16. The Morgan fingerprint density at radius 2 is 1.94 bits per heavy atom. The Morgan fingerprint density at radius 1 is 1.22 bits per heavy atom. The number of unbranched alkanes of at least 4 members (excludes halogenated alkanes) is 2. The van der Waals surface area contributed by atoms with Gasteiger partial charge in [0.2, 0.25) is 5.91 Å². The number of carbonyl (C=O) groups excluding carboxylic acids is 1. The van der Waals surface area contributed by atoms with Gasteiger partial charge in [-0.05, 0) is 37.7 Å². The van der Waals surface area contributed by atoms with Crippen LogP contribution in [0.25, 0.3) is 0 Å². The maximum atomic E-state index is 11.9. The van der Waals surface area contributed by atoms with Gasteiger partial charge in [-0.15, -0.1) is 0 Å². The van der Waals surface area contributed by atoms with Crippen LogP contribution >= 0.6 is 11.8 Å². The molecule has 0 aromatic carbocycles. The highest BCUT2D eigenvalue weighted by Crippen LogP contribution is 2.31. The number of nitrogens with one attached hydrogen (secondary N) is 1. The summed E-state index contributed by atoms with van der Waals surface area (Å²) < 4.78 is 0. The standard InChI is InChI=1S/C13H23NO3S/c1-18-9-4-2-3-8-14-12(15)10-6-5-7-11(10)13(16)17/h10-11H,2-9H2,1H3,(H,14,15)(H,16,17). The van der Waals surface area contributed by atoms with Crippen LogP contribution in [-0.2, 0) is 9.59 Å². The molecule has 0 aromatic rings. The Labute approximate surface area is 113 Å². The molecule has 18 heavy (non-hydrogen) atoms. The van der Waals surface area contributed by atoms with E-state index in [4.69, 9.17) is 5.11 Å². The van der Waals surface area contributed by atoms with Crippen LogP contribution in [0.5, 0.6) is 0 Å². The van der Waals surface area contributed by atoms with Gasteiger partial charge in [0.15, 0.2) is 0 Å². The quantitative estimate of drug-likeness (QED) is 0.665. The highest BCUT2D eigenvalue weighted by Gasteiger charge is 2.37. The SMILES string of the molecule is CSCCCCCNC(=O)C1CCCC1C(=O)O. The number of aliphatic carboxylic acids is 1. The van der Waals surface area contributed by atoms with E-state index in [0.717, 1.165) is 31.4 Å². The van der Waals surface area contributed by atoms with Gasteiger partial charge in [0.05, 0.1) is 11.8 Å². The molecular weight excluding hydrogens is 250 g/mol. The fourth-order valence-electron chi connectivity index (χ4n) is 2.46. The summed E-state index contributed by atoms with van der Waals surface area (Å²) in [5, 5.41) is 11.9. The second kappa shape index (κ2) is 8.40. The van der Waals surface area contributed by atoms with Crippen molar-refractivity contribution in [1.82, 2.24) is 5.32 Å². The van der Waals surface area contributed by atoms with Gasteiger partial charge in [0.1, 0.15) is 0 Å². The minimum absolute atomic E-state index is 0.0650. The minimum Gasteiger partial charge on any atom is -0.481 e. The van der Waals surface area contributed by atoms with E-state index in [2.05, 4.69) is 11.6 Å². The van der Waals surface area contributed by atoms with E-state index in [1.54, 1.807) is 0 Å². The molecule has 0 radical (unpaired) electrons. The van der Waals surface area contributed by atoms with E-state index in [1.807, 2.05) is 11.8 Å². The Balaban J connectivity index is 2.18. The van der Waals surface area contributed by atoms with Crippen molar-refractivity contribution in [2.75, 3.05) is 18.6 Å². The molecule has 1 aliphatic rings. The lowest BCUT2D eigenvalue weighted by molar-refractivity contribution is -0.146. The molecule has 0 heterocycles. The van der Waals surface area contributed by atoms with Crippen LogP contribution in [0.4, 0.5) is 0 Å². The summed E-state index contributed by atoms with van der Waals surface area (Å²) in [7, 11) is 0. The molecule has 0 bridgehead atoms. The summed E-state index contributed by atoms with van der Waals surface area (Å²) in [6.45, 7) is 0.677. The zero-order chi connectivity index (χ0) is 13.4. The summed E-state index contributed by atoms with van der Waals surface area (Å²) in [6.07, 6.45) is 7.58. The second-order valence-corrected chi connectivity index (χ2v) is 5.81. The van der Waals surface area contributed by atoms with Crippen LogP contribution in [0.15, 0.2) is 0 Å². The van der Waals surface area contributed by atoms with Crippen molar-refractivity contribution in [3.8, 4) is 0 Å². The van der Waals surface area contributed by atoms with Crippen molar-refractivity contribution in [2.24, 2.45) is 11.8 Å². The average Bonchev–Trinajstić information content (AvgIpc) is 2.82. The first-order chi connectivity index (χ1) is 8.66. The minimum atomic E-state index is -0.826. The Morgan fingerprint density at radius 3 is 2.61 bits per heavy atom. The highest BCUT2D eigenvalue weighted by atomic mass is 32.2. The lowest BCUT2D eigenvalue weighted by Crippen LogP contribution is -2.35. The molecule has 1 amide bonds. The van der Waals surface area contributed by atoms with Crippen LogP contribution < -0.4 is 5.32 Å². The summed E-state index contributed by atoms with van der Waals surface area (Å²) in [4.78, 5) is 22.9. The van der Waals surface area contributed by atoms with Crippen LogP contribution in [-0.4, -0.2) is 35.5 Å². The largest absolute Gasteiger partial charge is 0.481 e. The Bertz CT molecular complexity index is 283. The van der Waals surface area contributed by atoms with Crippen LogP contribution in [0.2, 0.25) is 0 Å². The van der Waals surface area contributed by atoms with Gasteiger partial charge >= 0.3 is 5.97 Å². The van der Waals surface area contributed by atoms with Crippen molar-refractivity contribution in [3.63, 3.8) is 0 Å².